The number of nitrogens with one attached hydrogen (secondary N) is 1. The smallest absolute Gasteiger partial charge is 0.135 e. The minimum Gasteiger partial charge on any atom is -0.354 e. The molecule has 2 aliphatic rings. The van der Waals surface area contributed by atoms with Crippen molar-refractivity contribution >= 4 is 5.82 Å². The van der Waals surface area contributed by atoms with E-state index < -0.39 is 0 Å². The molecule has 0 amide bonds. The van der Waals surface area contributed by atoms with Crippen molar-refractivity contribution in [3.63, 3.8) is 0 Å². The molecule has 1 saturated heterocycles. The monoisotopic (exact) mass is 340 g/mol. The average molecular weight is 340 g/mol. The Morgan fingerprint density at radius 1 is 1.12 bits per heavy atom. The minimum atomic E-state index is -0.0157. The van der Waals surface area contributed by atoms with Gasteiger partial charge in [0.25, 0.3) is 0 Å². The molecule has 0 aromatic carbocycles. The van der Waals surface area contributed by atoms with Crippen molar-refractivity contribution in [2.24, 2.45) is 0 Å². The Bertz CT molecular complexity index is 737. The Labute approximate surface area is 149 Å². The van der Waals surface area contributed by atoms with Crippen LogP contribution in [0.4, 0.5) is 5.82 Å². The van der Waals surface area contributed by atoms with Gasteiger partial charge in [-0.1, -0.05) is 20.8 Å². The van der Waals surface area contributed by atoms with Crippen LogP contribution in [0.1, 0.15) is 50.0 Å². The van der Waals surface area contributed by atoms with Crippen LogP contribution < -0.4 is 4.90 Å². The number of aryl methyl sites for hydroxylation is 1. The van der Waals surface area contributed by atoms with Crippen LogP contribution in [0, 0.1) is 0 Å². The first-order chi connectivity index (χ1) is 12.0. The van der Waals surface area contributed by atoms with Gasteiger partial charge in [-0.05, 0) is 30.9 Å². The number of nitrogens with zero attached hydrogens (tertiary/aromatic N) is 5. The zero-order chi connectivity index (χ0) is 17.4. The number of anilines is 1. The molecule has 0 bridgehead atoms. The maximum atomic E-state index is 4.79. The van der Waals surface area contributed by atoms with Crippen molar-refractivity contribution < 1.29 is 0 Å². The molecule has 0 spiro atoms. The first kappa shape index (κ1) is 16.5. The van der Waals surface area contributed by atoms with Crippen LogP contribution in [-0.2, 0) is 24.8 Å². The van der Waals surface area contributed by atoms with Gasteiger partial charge < -0.3 is 4.90 Å². The summed E-state index contributed by atoms with van der Waals surface area (Å²) in [5.74, 6) is 1.97. The van der Waals surface area contributed by atoms with E-state index >= 15 is 0 Å². The van der Waals surface area contributed by atoms with Crippen molar-refractivity contribution in [1.29, 1.82) is 0 Å². The second-order valence-corrected chi connectivity index (χ2v) is 8.23. The van der Waals surface area contributed by atoms with E-state index in [-0.39, 0.29) is 5.41 Å². The van der Waals surface area contributed by atoms with E-state index in [0.29, 0.717) is 0 Å². The third-order valence-corrected chi connectivity index (χ3v) is 5.27. The zero-order valence-corrected chi connectivity index (χ0v) is 15.5. The van der Waals surface area contributed by atoms with Gasteiger partial charge in [0.2, 0.25) is 0 Å². The first-order valence-corrected chi connectivity index (χ1v) is 9.36. The Balaban J connectivity index is 1.38. The lowest BCUT2D eigenvalue weighted by molar-refractivity contribution is 0.245. The minimum absolute atomic E-state index is 0.0157. The van der Waals surface area contributed by atoms with E-state index in [1.165, 1.54) is 36.2 Å². The number of aromatic amines is 1. The van der Waals surface area contributed by atoms with Crippen molar-refractivity contribution in [2.75, 3.05) is 31.1 Å². The molecular weight excluding hydrogens is 312 g/mol. The van der Waals surface area contributed by atoms with Gasteiger partial charge in [-0.25, -0.2) is 9.97 Å². The lowest BCUT2D eigenvalue weighted by Crippen LogP contribution is -2.46. The van der Waals surface area contributed by atoms with E-state index in [9.17, 15) is 0 Å². The number of hydrogen-bond acceptors (Lipinski definition) is 5. The quantitative estimate of drug-likeness (QED) is 0.929. The number of piperazine rings is 1. The standard InChI is InChI=1S/C19H28N6/c1-19(2,3)18-20-8-7-17(21-18)25-11-9-24(10-12-25)13-16-14-5-4-6-15(14)22-23-16/h7-8H,4-6,9-13H2,1-3H3,(H,22,23). The third kappa shape index (κ3) is 3.40. The summed E-state index contributed by atoms with van der Waals surface area (Å²) in [6, 6.07) is 2.03. The van der Waals surface area contributed by atoms with Gasteiger partial charge in [0.1, 0.15) is 11.6 Å². The van der Waals surface area contributed by atoms with Gasteiger partial charge >= 0.3 is 0 Å². The summed E-state index contributed by atoms with van der Waals surface area (Å²) >= 11 is 0. The number of hydrogen-bond donors (Lipinski definition) is 1. The molecule has 0 unspecified atom stereocenters. The Kier molecular flexibility index (Phi) is 4.23. The SMILES string of the molecule is CC(C)(C)c1nccc(N2CCN(Cc3n[nH]c4c3CCC4)CC2)n1. The normalized spacial score (nSPS) is 18.6. The molecule has 6 nitrogen and oxygen atoms in total. The van der Waals surface area contributed by atoms with Crippen LogP contribution in [-0.4, -0.2) is 51.2 Å². The second-order valence-electron chi connectivity index (χ2n) is 8.23. The van der Waals surface area contributed by atoms with Gasteiger partial charge in [-0.15, -0.1) is 0 Å². The molecule has 25 heavy (non-hydrogen) atoms. The predicted molar refractivity (Wildman–Crippen MR) is 98.8 cm³/mol. The van der Waals surface area contributed by atoms with Crippen LogP contribution in [0.3, 0.4) is 0 Å². The topological polar surface area (TPSA) is 60.9 Å². The number of aromatic nitrogens is 4. The summed E-state index contributed by atoms with van der Waals surface area (Å²) in [5.41, 5.74) is 4.09. The van der Waals surface area contributed by atoms with Crippen LogP contribution in [0.15, 0.2) is 12.3 Å². The van der Waals surface area contributed by atoms with Gasteiger partial charge in [0, 0.05) is 50.0 Å². The highest BCUT2D eigenvalue weighted by molar-refractivity contribution is 5.39. The Hall–Kier alpha value is -1.95. The highest BCUT2D eigenvalue weighted by atomic mass is 15.3. The lowest BCUT2D eigenvalue weighted by Gasteiger charge is -2.35. The van der Waals surface area contributed by atoms with E-state index in [2.05, 4.69) is 45.8 Å². The maximum Gasteiger partial charge on any atom is 0.135 e. The molecule has 4 rings (SSSR count). The maximum absolute atomic E-state index is 4.79. The van der Waals surface area contributed by atoms with Crippen molar-refractivity contribution in [3.8, 4) is 0 Å². The summed E-state index contributed by atoms with van der Waals surface area (Å²) in [7, 11) is 0. The number of fused-ring (bicyclic) bond motifs is 1. The van der Waals surface area contributed by atoms with Crippen LogP contribution in [0.5, 0.6) is 0 Å². The van der Waals surface area contributed by atoms with Crippen molar-refractivity contribution in [3.05, 3.63) is 35.0 Å². The summed E-state index contributed by atoms with van der Waals surface area (Å²) < 4.78 is 0. The highest BCUT2D eigenvalue weighted by Crippen LogP contribution is 2.25. The molecule has 0 atom stereocenters. The molecule has 0 saturated carbocycles. The molecule has 1 aliphatic heterocycles. The third-order valence-electron chi connectivity index (χ3n) is 5.27. The molecule has 0 radical (unpaired) electrons. The summed E-state index contributed by atoms with van der Waals surface area (Å²) in [6.07, 6.45) is 5.52. The van der Waals surface area contributed by atoms with Gasteiger partial charge in [-0.2, -0.15) is 5.10 Å². The van der Waals surface area contributed by atoms with E-state index in [0.717, 1.165) is 44.4 Å². The number of rotatable bonds is 3. The Morgan fingerprint density at radius 2 is 1.92 bits per heavy atom. The fourth-order valence-corrected chi connectivity index (χ4v) is 3.75. The lowest BCUT2D eigenvalue weighted by atomic mass is 9.96. The molecule has 1 fully saturated rings. The van der Waals surface area contributed by atoms with E-state index in [1.807, 2.05) is 12.3 Å². The van der Waals surface area contributed by atoms with Crippen LogP contribution in [0.25, 0.3) is 0 Å². The summed E-state index contributed by atoms with van der Waals surface area (Å²) in [4.78, 5) is 14.1. The average Bonchev–Trinajstić information content (AvgIpc) is 3.20. The zero-order valence-electron chi connectivity index (χ0n) is 15.5. The molecule has 2 aromatic heterocycles. The van der Waals surface area contributed by atoms with Gasteiger partial charge in [0.15, 0.2) is 0 Å². The van der Waals surface area contributed by atoms with Crippen molar-refractivity contribution in [1.82, 2.24) is 25.1 Å². The second kappa shape index (κ2) is 6.41. The molecule has 134 valence electrons. The molecule has 3 heterocycles. The Morgan fingerprint density at radius 3 is 2.68 bits per heavy atom. The van der Waals surface area contributed by atoms with Gasteiger partial charge in [0.05, 0.1) is 5.69 Å². The van der Waals surface area contributed by atoms with Crippen LogP contribution in [0.2, 0.25) is 0 Å². The van der Waals surface area contributed by atoms with E-state index in [4.69, 9.17) is 4.98 Å². The summed E-state index contributed by atoms with van der Waals surface area (Å²) in [5, 5.41) is 7.77. The fraction of sp³-hybridized carbons (Fsp3) is 0.632. The van der Waals surface area contributed by atoms with Crippen molar-refractivity contribution in [2.45, 2.75) is 52.0 Å². The highest BCUT2D eigenvalue weighted by Gasteiger charge is 2.24. The number of H-pyrrole nitrogens is 1. The molecule has 1 aliphatic carbocycles. The fourth-order valence-electron chi connectivity index (χ4n) is 3.75. The molecule has 6 heteroatoms. The predicted octanol–water partition coefficient (Wildman–Crippen LogP) is 2.31. The van der Waals surface area contributed by atoms with Gasteiger partial charge in [-0.3, -0.25) is 10.00 Å². The molecule has 2 aromatic rings. The first-order valence-electron chi connectivity index (χ1n) is 9.36. The van der Waals surface area contributed by atoms with E-state index in [1.54, 1.807) is 0 Å². The summed E-state index contributed by atoms with van der Waals surface area (Å²) in [6.45, 7) is 11.6. The van der Waals surface area contributed by atoms with Crippen LogP contribution >= 0.6 is 0 Å². The largest absolute Gasteiger partial charge is 0.354 e. The molecular formula is C19H28N6. The molecule has 1 N–H and O–H groups in total.